The van der Waals surface area contributed by atoms with Crippen LogP contribution in [0, 0.1) is 17.5 Å². The fourth-order valence-corrected chi connectivity index (χ4v) is 3.77. The van der Waals surface area contributed by atoms with Gasteiger partial charge in [0.1, 0.15) is 29.8 Å². The number of hydrogen-bond acceptors (Lipinski definition) is 6. The van der Waals surface area contributed by atoms with Crippen molar-refractivity contribution in [1.29, 1.82) is 0 Å². The molecular weight excluding hydrogens is 439 g/mol. The number of nitrogens with zero attached hydrogens (tertiary/aromatic N) is 7. The van der Waals surface area contributed by atoms with Crippen LogP contribution in [-0.2, 0) is 7.05 Å². The number of halogens is 3. The second kappa shape index (κ2) is 8.19. The van der Waals surface area contributed by atoms with Crippen molar-refractivity contribution in [3.8, 4) is 17.4 Å². The summed E-state index contributed by atoms with van der Waals surface area (Å²) in [5, 5.41) is 9.23. The van der Waals surface area contributed by atoms with Crippen LogP contribution in [0.25, 0.3) is 11.5 Å². The first-order chi connectivity index (χ1) is 15.9. The summed E-state index contributed by atoms with van der Waals surface area (Å²) in [6.45, 7) is 0.370. The summed E-state index contributed by atoms with van der Waals surface area (Å²) in [5.74, 6) is -1.82. The molecule has 170 valence electrons. The largest absolute Gasteiger partial charge is 0.468 e. The molecule has 1 aromatic carbocycles. The lowest BCUT2D eigenvalue weighted by Crippen LogP contribution is -2.59. The lowest BCUT2D eigenvalue weighted by Gasteiger charge is -2.40. The molecule has 0 saturated carbocycles. The molecule has 9 nitrogen and oxygen atoms in total. The van der Waals surface area contributed by atoms with E-state index in [9.17, 15) is 18.0 Å². The third-order valence-corrected chi connectivity index (χ3v) is 5.45. The maximum Gasteiger partial charge on any atom is 0.341 e. The van der Waals surface area contributed by atoms with Gasteiger partial charge in [-0.3, -0.25) is 0 Å². The highest BCUT2D eigenvalue weighted by Gasteiger charge is 2.39. The van der Waals surface area contributed by atoms with E-state index in [1.807, 2.05) is 0 Å². The number of carbonyl (C=O) groups is 1. The molecule has 0 spiro atoms. The number of benzene rings is 1. The van der Waals surface area contributed by atoms with Crippen LogP contribution in [-0.4, -0.2) is 61.1 Å². The Labute approximate surface area is 186 Å². The van der Waals surface area contributed by atoms with Gasteiger partial charge in [-0.05, 0) is 29.8 Å². The molecule has 2 aliphatic rings. The van der Waals surface area contributed by atoms with E-state index < -0.39 is 35.6 Å². The molecule has 0 unspecified atom stereocenters. The molecular formula is C21H18F3N7O2. The number of hydrogen-bond donors (Lipinski definition) is 0. The quantitative estimate of drug-likeness (QED) is 0.601. The Balaban J connectivity index is 1.24. The van der Waals surface area contributed by atoms with E-state index >= 15 is 0 Å². The molecule has 0 N–H and O–H groups in total. The van der Waals surface area contributed by atoms with Gasteiger partial charge in [-0.2, -0.15) is 10.2 Å². The summed E-state index contributed by atoms with van der Waals surface area (Å²) >= 11 is 0. The van der Waals surface area contributed by atoms with Gasteiger partial charge in [0, 0.05) is 25.7 Å². The number of ether oxygens (including phenoxy) is 1. The average molecular weight is 457 g/mol. The average Bonchev–Trinajstić information content (AvgIpc) is 3.39. The number of aromatic nitrogens is 4. The molecule has 0 bridgehead atoms. The Morgan fingerprint density at radius 2 is 1.88 bits per heavy atom. The fraction of sp³-hybridized carbons (Fsp3) is 0.286. The maximum absolute atomic E-state index is 14.2. The molecule has 2 amide bonds. The van der Waals surface area contributed by atoms with Crippen molar-refractivity contribution in [2.45, 2.75) is 18.6 Å². The van der Waals surface area contributed by atoms with Gasteiger partial charge in [0.05, 0.1) is 19.1 Å². The van der Waals surface area contributed by atoms with Crippen molar-refractivity contribution in [3.63, 3.8) is 0 Å². The fourth-order valence-electron chi connectivity index (χ4n) is 3.77. The zero-order valence-electron chi connectivity index (χ0n) is 17.4. The highest BCUT2D eigenvalue weighted by atomic mass is 19.1. The molecule has 2 aromatic heterocycles. The Hall–Kier alpha value is -3.96. The van der Waals surface area contributed by atoms with Crippen LogP contribution in [0.4, 0.5) is 18.0 Å². The summed E-state index contributed by atoms with van der Waals surface area (Å²) in [6.07, 6.45) is 2.76. The van der Waals surface area contributed by atoms with Gasteiger partial charge in [0.15, 0.2) is 11.6 Å². The van der Waals surface area contributed by atoms with Crippen molar-refractivity contribution in [3.05, 3.63) is 59.7 Å². The lowest BCUT2D eigenvalue weighted by molar-refractivity contribution is 0.0231. The maximum atomic E-state index is 14.2. The van der Waals surface area contributed by atoms with Crippen LogP contribution in [0.15, 0.2) is 41.8 Å². The number of amides is 2. The van der Waals surface area contributed by atoms with Crippen LogP contribution in [0.2, 0.25) is 0 Å². The topological polar surface area (TPSA) is 88.7 Å². The molecule has 0 aliphatic carbocycles. The third kappa shape index (κ3) is 3.99. The van der Waals surface area contributed by atoms with Gasteiger partial charge in [-0.15, -0.1) is 0 Å². The third-order valence-electron chi connectivity index (χ3n) is 5.45. The summed E-state index contributed by atoms with van der Waals surface area (Å²) in [5.41, 5.74) is 0.716. The first kappa shape index (κ1) is 20.9. The van der Waals surface area contributed by atoms with Gasteiger partial charge < -0.3 is 9.64 Å². The van der Waals surface area contributed by atoms with E-state index in [4.69, 9.17) is 4.74 Å². The predicted molar refractivity (Wildman–Crippen MR) is 110 cm³/mol. The van der Waals surface area contributed by atoms with E-state index in [2.05, 4.69) is 20.2 Å². The molecule has 4 heterocycles. The molecule has 1 atom stereocenters. The number of pyridine rings is 1. The van der Waals surface area contributed by atoms with Gasteiger partial charge in [-0.1, -0.05) is 0 Å². The number of likely N-dealkylation sites (tertiary alicyclic amines) is 1. The van der Waals surface area contributed by atoms with Crippen molar-refractivity contribution in [1.82, 2.24) is 29.7 Å². The van der Waals surface area contributed by atoms with E-state index in [1.54, 1.807) is 7.05 Å². The molecule has 2 aliphatic heterocycles. The number of rotatable bonds is 4. The van der Waals surface area contributed by atoms with Crippen molar-refractivity contribution >= 4 is 12.2 Å². The lowest BCUT2D eigenvalue weighted by atomic mass is 10.0. The molecule has 33 heavy (non-hydrogen) atoms. The number of carbonyl (C=O) groups excluding carboxylic acids is 1. The molecule has 3 aromatic rings. The Morgan fingerprint density at radius 3 is 2.58 bits per heavy atom. The summed E-state index contributed by atoms with van der Waals surface area (Å²) in [7, 11) is 1.69. The number of urea groups is 1. The van der Waals surface area contributed by atoms with E-state index in [0.29, 0.717) is 23.5 Å². The highest BCUT2D eigenvalue weighted by Crippen LogP contribution is 2.32. The second-order valence-electron chi connectivity index (χ2n) is 7.72. The minimum absolute atomic E-state index is 0.185. The van der Waals surface area contributed by atoms with E-state index in [-0.39, 0.29) is 19.0 Å². The normalized spacial score (nSPS) is 18.0. The molecule has 1 saturated heterocycles. The highest BCUT2D eigenvalue weighted by molar-refractivity contribution is 5.79. The van der Waals surface area contributed by atoms with Crippen LogP contribution >= 0.6 is 0 Å². The SMILES string of the molecule is Cn1ncnc1-c1ccc(F)c(OC2CN(C(=O)N3N=CC[C@H]3c3cc(F)cc(F)c3)C2)n1. The van der Waals surface area contributed by atoms with Gasteiger partial charge in [-0.25, -0.2) is 37.6 Å². The Bertz CT molecular complexity index is 1220. The summed E-state index contributed by atoms with van der Waals surface area (Å²) < 4.78 is 48.6. The molecule has 1 fully saturated rings. The van der Waals surface area contributed by atoms with Crippen LogP contribution in [0.5, 0.6) is 5.88 Å². The summed E-state index contributed by atoms with van der Waals surface area (Å²) in [4.78, 5) is 22.6. The van der Waals surface area contributed by atoms with Gasteiger partial charge in [0.2, 0.25) is 0 Å². The van der Waals surface area contributed by atoms with Crippen molar-refractivity contribution < 1.29 is 22.7 Å². The monoisotopic (exact) mass is 457 g/mol. The Kier molecular flexibility index (Phi) is 5.19. The number of hydrazone groups is 1. The molecule has 12 heteroatoms. The van der Waals surface area contributed by atoms with Crippen LogP contribution < -0.4 is 4.74 Å². The zero-order chi connectivity index (χ0) is 23.1. The first-order valence-electron chi connectivity index (χ1n) is 10.1. The second-order valence-corrected chi connectivity index (χ2v) is 7.72. The van der Waals surface area contributed by atoms with Crippen LogP contribution in [0.3, 0.4) is 0 Å². The summed E-state index contributed by atoms with van der Waals surface area (Å²) in [6, 6.07) is 4.81. The van der Waals surface area contributed by atoms with Crippen LogP contribution in [0.1, 0.15) is 18.0 Å². The van der Waals surface area contributed by atoms with Crippen molar-refractivity contribution in [2.75, 3.05) is 13.1 Å². The predicted octanol–water partition coefficient (Wildman–Crippen LogP) is 2.91. The van der Waals surface area contributed by atoms with E-state index in [1.165, 1.54) is 51.4 Å². The number of aryl methyl sites for hydroxylation is 1. The smallest absolute Gasteiger partial charge is 0.341 e. The zero-order valence-corrected chi connectivity index (χ0v) is 17.4. The first-order valence-corrected chi connectivity index (χ1v) is 10.1. The minimum atomic E-state index is -0.722. The van der Waals surface area contributed by atoms with Gasteiger partial charge in [0.25, 0.3) is 5.88 Å². The Morgan fingerprint density at radius 1 is 1.12 bits per heavy atom. The molecule has 0 radical (unpaired) electrons. The van der Waals surface area contributed by atoms with Gasteiger partial charge >= 0.3 is 6.03 Å². The van der Waals surface area contributed by atoms with E-state index in [0.717, 1.165) is 6.07 Å². The molecule has 5 rings (SSSR count). The van der Waals surface area contributed by atoms with Crippen molar-refractivity contribution in [2.24, 2.45) is 12.1 Å². The minimum Gasteiger partial charge on any atom is -0.468 e. The standard InChI is InChI=1S/C21H18F3N7O2/c1-29-19(25-11-27-29)17-3-2-16(24)20(28-17)33-15-9-30(10-15)21(32)31-18(4-5-26-31)12-6-13(22)8-14(23)7-12/h2-3,5-8,11,15,18H,4,9-10H2,1H3/t18-/m0/s1.